The minimum atomic E-state index is -0.426. The Morgan fingerprint density at radius 2 is 1.96 bits per heavy atom. The van der Waals surface area contributed by atoms with E-state index in [0.29, 0.717) is 29.5 Å². The molecule has 2 aromatic rings. The topological polar surface area (TPSA) is 78.5 Å². The van der Waals surface area contributed by atoms with Gasteiger partial charge in [-0.15, -0.1) is 0 Å². The second-order valence-corrected chi connectivity index (χ2v) is 6.85. The predicted octanol–water partition coefficient (Wildman–Crippen LogP) is 2.97. The first-order valence-electron chi connectivity index (χ1n) is 8.63. The molecule has 27 heavy (non-hydrogen) atoms. The highest BCUT2D eigenvalue weighted by Gasteiger charge is 2.35. The van der Waals surface area contributed by atoms with Gasteiger partial charge in [0.15, 0.2) is 0 Å². The van der Waals surface area contributed by atoms with Crippen molar-refractivity contribution < 1.29 is 14.4 Å². The van der Waals surface area contributed by atoms with Crippen molar-refractivity contribution in [1.29, 1.82) is 0 Å². The number of anilines is 2. The first-order chi connectivity index (χ1) is 12.9. The smallest absolute Gasteiger partial charge is 0.227 e. The van der Waals surface area contributed by atoms with E-state index in [1.165, 1.54) is 6.92 Å². The van der Waals surface area contributed by atoms with Crippen molar-refractivity contribution in [2.24, 2.45) is 5.92 Å². The van der Waals surface area contributed by atoms with E-state index in [-0.39, 0.29) is 24.1 Å². The van der Waals surface area contributed by atoms with Gasteiger partial charge in [-0.25, -0.2) is 0 Å². The van der Waals surface area contributed by atoms with Gasteiger partial charge < -0.3 is 15.5 Å². The van der Waals surface area contributed by atoms with Gasteiger partial charge in [-0.3, -0.25) is 14.4 Å². The van der Waals surface area contributed by atoms with Crippen LogP contribution in [0, 0.1) is 5.92 Å². The van der Waals surface area contributed by atoms with Gasteiger partial charge in [0.05, 0.1) is 5.92 Å². The molecule has 140 valence electrons. The van der Waals surface area contributed by atoms with Crippen LogP contribution in [0.25, 0.3) is 0 Å². The van der Waals surface area contributed by atoms with Crippen molar-refractivity contribution in [3.05, 3.63) is 59.1 Å². The van der Waals surface area contributed by atoms with Gasteiger partial charge in [0, 0.05) is 42.8 Å². The average Bonchev–Trinajstić information content (AvgIpc) is 3.02. The number of benzene rings is 2. The maximum absolute atomic E-state index is 12.5. The zero-order valence-electron chi connectivity index (χ0n) is 14.9. The zero-order valence-corrected chi connectivity index (χ0v) is 15.6. The van der Waals surface area contributed by atoms with Crippen molar-refractivity contribution in [2.75, 3.05) is 16.8 Å². The molecule has 1 saturated heterocycles. The molecule has 1 aliphatic heterocycles. The molecule has 0 unspecified atom stereocenters. The number of nitrogens with one attached hydrogen (secondary N) is 2. The summed E-state index contributed by atoms with van der Waals surface area (Å²) in [6.07, 6.45) is 0.152. The first-order valence-corrected chi connectivity index (χ1v) is 9.01. The Morgan fingerprint density at radius 1 is 1.19 bits per heavy atom. The summed E-state index contributed by atoms with van der Waals surface area (Å²) in [4.78, 5) is 37.6. The van der Waals surface area contributed by atoms with Crippen LogP contribution in [0.2, 0.25) is 5.02 Å². The number of carbonyl (C=O) groups is 3. The summed E-state index contributed by atoms with van der Waals surface area (Å²) in [5.74, 6) is -0.905. The lowest BCUT2D eigenvalue weighted by atomic mass is 10.1. The molecular formula is C20H20ClN3O3. The van der Waals surface area contributed by atoms with E-state index < -0.39 is 5.92 Å². The van der Waals surface area contributed by atoms with E-state index in [2.05, 4.69) is 10.6 Å². The quantitative estimate of drug-likeness (QED) is 0.830. The summed E-state index contributed by atoms with van der Waals surface area (Å²) in [5.41, 5.74) is 2.10. The standard InChI is InChI=1S/C20H20ClN3O3/c1-13(25)23-16-6-4-7-17(10-16)24-12-15(9-19(24)26)20(27)22-11-14-5-2-3-8-18(14)21/h2-8,10,15H,9,11-12H2,1H3,(H,22,27)(H,23,25)/t15-/m1/s1. The number of nitrogens with zero attached hydrogens (tertiary/aromatic N) is 1. The molecule has 0 aliphatic carbocycles. The van der Waals surface area contributed by atoms with Crippen molar-refractivity contribution in [3.63, 3.8) is 0 Å². The molecule has 2 N–H and O–H groups in total. The Balaban J connectivity index is 1.64. The highest BCUT2D eigenvalue weighted by Crippen LogP contribution is 2.27. The van der Waals surface area contributed by atoms with Gasteiger partial charge in [0.2, 0.25) is 17.7 Å². The van der Waals surface area contributed by atoms with Crippen LogP contribution in [0.15, 0.2) is 48.5 Å². The molecular weight excluding hydrogens is 366 g/mol. The number of carbonyl (C=O) groups excluding carboxylic acids is 3. The highest BCUT2D eigenvalue weighted by molar-refractivity contribution is 6.31. The lowest BCUT2D eigenvalue weighted by molar-refractivity contribution is -0.126. The fraction of sp³-hybridized carbons (Fsp3) is 0.250. The molecule has 0 aromatic heterocycles. The third kappa shape index (κ3) is 4.65. The Labute approximate surface area is 162 Å². The minimum Gasteiger partial charge on any atom is -0.352 e. The zero-order chi connectivity index (χ0) is 19.4. The van der Waals surface area contributed by atoms with E-state index in [1.807, 2.05) is 18.2 Å². The van der Waals surface area contributed by atoms with Gasteiger partial charge in [-0.2, -0.15) is 0 Å². The van der Waals surface area contributed by atoms with Crippen molar-refractivity contribution >= 4 is 40.7 Å². The maximum atomic E-state index is 12.5. The molecule has 7 heteroatoms. The molecule has 3 rings (SSSR count). The maximum Gasteiger partial charge on any atom is 0.227 e. The first kappa shape index (κ1) is 18.9. The van der Waals surface area contributed by atoms with E-state index in [9.17, 15) is 14.4 Å². The number of rotatable bonds is 5. The van der Waals surface area contributed by atoms with Gasteiger partial charge in [-0.1, -0.05) is 35.9 Å². The van der Waals surface area contributed by atoms with Crippen LogP contribution in [-0.4, -0.2) is 24.3 Å². The Hall–Kier alpha value is -2.86. The van der Waals surface area contributed by atoms with Crippen molar-refractivity contribution in [1.82, 2.24) is 5.32 Å². The number of hydrogen-bond acceptors (Lipinski definition) is 3. The van der Waals surface area contributed by atoms with Crippen LogP contribution in [0.4, 0.5) is 11.4 Å². The second-order valence-electron chi connectivity index (χ2n) is 6.45. The highest BCUT2D eigenvalue weighted by atomic mass is 35.5. The number of halogens is 1. The van der Waals surface area contributed by atoms with Crippen molar-refractivity contribution in [2.45, 2.75) is 19.9 Å². The fourth-order valence-corrected chi connectivity index (χ4v) is 3.26. The summed E-state index contributed by atoms with van der Waals surface area (Å²) in [7, 11) is 0. The molecule has 2 aromatic carbocycles. The van der Waals surface area contributed by atoms with Gasteiger partial charge in [0.25, 0.3) is 0 Å². The lowest BCUT2D eigenvalue weighted by Gasteiger charge is -2.18. The van der Waals surface area contributed by atoms with Crippen LogP contribution in [0.3, 0.4) is 0 Å². The second kappa shape index (κ2) is 8.22. The summed E-state index contributed by atoms with van der Waals surface area (Å²) in [5, 5.41) is 6.14. The molecule has 0 radical (unpaired) electrons. The third-order valence-corrected chi connectivity index (χ3v) is 4.75. The van der Waals surface area contributed by atoms with Crippen LogP contribution in [-0.2, 0) is 20.9 Å². The van der Waals surface area contributed by atoms with E-state index >= 15 is 0 Å². The van der Waals surface area contributed by atoms with E-state index in [1.54, 1.807) is 35.2 Å². The molecule has 0 spiro atoms. The van der Waals surface area contributed by atoms with Crippen LogP contribution in [0.1, 0.15) is 18.9 Å². The molecule has 1 fully saturated rings. The molecule has 1 aliphatic rings. The van der Waals surface area contributed by atoms with E-state index in [4.69, 9.17) is 11.6 Å². The molecule has 6 nitrogen and oxygen atoms in total. The Kier molecular flexibility index (Phi) is 5.76. The van der Waals surface area contributed by atoms with Gasteiger partial charge in [-0.05, 0) is 29.8 Å². The molecule has 0 bridgehead atoms. The molecule has 3 amide bonds. The summed E-state index contributed by atoms with van der Waals surface area (Å²) >= 11 is 6.10. The van der Waals surface area contributed by atoms with Gasteiger partial charge >= 0.3 is 0 Å². The Morgan fingerprint density at radius 3 is 2.70 bits per heavy atom. The van der Waals surface area contributed by atoms with Gasteiger partial charge in [0.1, 0.15) is 0 Å². The molecule has 1 atom stereocenters. The largest absolute Gasteiger partial charge is 0.352 e. The predicted molar refractivity (Wildman–Crippen MR) is 105 cm³/mol. The number of amides is 3. The molecule has 1 heterocycles. The average molecular weight is 386 g/mol. The summed E-state index contributed by atoms with van der Waals surface area (Å²) in [6, 6.07) is 14.3. The SMILES string of the molecule is CC(=O)Nc1cccc(N2C[C@H](C(=O)NCc3ccccc3Cl)CC2=O)c1. The minimum absolute atomic E-state index is 0.118. The van der Waals surface area contributed by atoms with Crippen LogP contribution >= 0.6 is 11.6 Å². The summed E-state index contributed by atoms with van der Waals surface area (Å²) in [6.45, 7) is 2.05. The van der Waals surface area contributed by atoms with Crippen LogP contribution in [0.5, 0.6) is 0 Å². The number of hydrogen-bond donors (Lipinski definition) is 2. The summed E-state index contributed by atoms with van der Waals surface area (Å²) < 4.78 is 0. The monoisotopic (exact) mass is 385 g/mol. The van der Waals surface area contributed by atoms with E-state index in [0.717, 1.165) is 5.56 Å². The Bertz CT molecular complexity index is 884. The van der Waals surface area contributed by atoms with Crippen LogP contribution < -0.4 is 15.5 Å². The molecule has 0 saturated carbocycles. The van der Waals surface area contributed by atoms with Crippen molar-refractivity contribution in [3.8, 4) is 0 Å². The normalized spacial score (nSPS) is 16.3. The third-order valence-electron chi connectivity index (χ3n) is 4.38. The lowest BCUT2D eigenvalue weighted by Crippen LogP contribution is -2.32. The fourth-order valence-electron chi connectivity index (χ4n) is 3.06.